The van der Waals surface area contributed by atoms with Crippen LogP contribution in [-0.4, -0.2) is 47.0 Å². The van der Waals surface area contributed by atoms with Crippen molar-refractivity contribution in [2.75, 3.05) is 13.6 Å². The van der Waals surface area contributed by atoms with Crippen molar-refractivity contribution in [1.29, 1.82) is 0 Å². The standard InChI is InChI=1S/C20H28N2O4/c1-13(21-5)14-8-6-10-16-15(14)9-7-11-17(16)22(12-18(23)24)19(25)26-20(2,3)4/h6,8,10,17H,7,9,11-12H2,1-5H3,(H,23,24). The number of amides is 1. The van der Waals surface area contributed by atoms with Crippen LogP contribution in [0.1, 0.15) is 63.3 Å². The SMILES string of the molecule is CN=C(C)c1cccc2c1CCCC2N(CC(=O)O)C(=O)OC(C)(C)C. The van der Waals surface area contributed by atoms with E-state index in [0.29, 0.717) is 6.42 Å². The van der Waals surface area contributed by atoms with Gasteiger partial charge < -0.3 is 9.84 Å². The first kappa shape index (κ1) is 19.9. The lowest BCUT2D eigenvalue weighted by Crippen LogP contribution is -2.43. The van der Waals surface area contributed by atoms with E-state index in [9.17, 15) is 14.7 Å². The zero-order chi connectivity index (χ0) is 19.5. The molecule has 1 atom stereocenters. The Hall–Kier alpha value is -2.37. The molecule has 0 fully saturated rings. The topological polar surface area (TPSA) is 79.2 Å². The number of fused-ring (bicyclic) bond motifs is 1. The number of hydrogen-bond donors (Lipinski definition) is 1. The highest BCUT2D eigenvalue weighted by atomic mass is 16.6. The molecule has 1 aliphatic carbocycles. The van der Waals surface area contributed by atoms with Crippen LogP contribution in [0.4, 0.5) is 4.79 Å². The van der Waals surface area contributed by atoms with Gasteiger partial charge in [0, 0.05) is 12.8 Å². The van der Waals surface area contributed by atoms with E-state index in [-0.39, 0.29) is 12.6 Å². The number of rotatable bonds is 4. The van der Waals surface area contributed by atoms with E-state index < -0.39 is 17.7 Å². The molecule has 0 bridgehead atoms. The first-order chi connectivity index (χ1) is 12.1. The van der Waals surface area contributed by atoms with Crippen LogP contribution in [0.5, 0.6) is 0 Å². The highest BCUT2D eigenvalue weighted by Gasteiger charge is 2.34. The third-order valence-electron chi connectivity index (χ3n) is 4.51. The van der Waals surface area contributed by atoms with E-state index in [2.05, 4.69) is 4.99 Å². The van der Waals surface area contributed by atoms with Gasteiger partial charge in [-0.25, -0.2) is 4.79 Å². The summed E-state index contributed by atoms with van der Waals surface area (Å²) >= 11 is 0. The Morgan fingerprint density at radius 2 is 2.04 bits per heavy atom. The molecule has 0 aromatic heterocycles. The fraction of sp³-hybridized carbons (Fsp3) is 0.550. The van der Waals surface area contributed by atoms with Gasteiger partial charge >= 0.3 is 12.1 Å². The maximum Gasteiger partial charge on any atom is 0.411 e. The molecule has 0 spiro atoms. The van der Waals surface area contributed by atoms with Crippen LogP contribution >= 0.6 is 0 Å². The Morgan fingerprint density at radius 3 is 2.62 bits per heavy atom. The summed E-state index contributed by atoms with van der Waals surface area (Å²) in [6.45, 7) is 6.90. The normalized spacial score (nSPS) is 17.4. The Morgan fingerprint density at radius 1 is 1.35 bits per heavy atom. The average Bonchev–Trinajstić information content (AvgIpc) is 2.56. The van der Waals surface area contributed by atoms with Crippen molar-refractivity contribution in [3.63, 3.8) is 0 Å². The molecule has 1 unspecified atom stereocenters. The molecule has 142 valence electrons. The van der Waals surface area contributed by atoms with Crippen LogP contribution < -0.4 is 0 Å². The molecule has 1 aliphatic rings. The minimum atomic E-state index is -1.05. The molecule has 0 saturated carbocycles. The summed E-state index contributed by atoms with van der Waals surface area (Å²) < 4.78 is 5.47. The minimum absolute atomic E-state index is 0.311. The van der Waals surface area contributed by atoms with Gasteiger partial charge in [0.25, 0.3) is 0 Å². The van der Waals surface area contributed by atoms with Gasteiger partial charge in [0.1, 0.15) is 12.1 Å². The molecule has 0 saturated heterocycles. The summed E-state index contributed by atoms with van der Waals surface area (Å²) in [4.78, 5) is 29.7. The van der Waals surface area contributed by atoms with Gasteiger partial charge in [-0.2, -0.15) is 0 Å². The number of carbonyl (C=O) groups excluding carboxylic acids is 1. The smallest absolute Gasteiger partial charge is 0.411 e. The van der Waals surface area contributed by atoms with Gasteiger partial charge in [-0.05, 0) is 63.6 Å². The van der Waals surface area contributed by atoms with Crippen molar-refractivity contribution in [3.05, 3.63) is 34.9 Å². The number of benzene rings is 1. The van der Waals surface area contributed by atoms with Crippen LogP contribution in [0.3, 0.4) is 0 Å². The Kier molecular flexibility index (Phi) is 6.05. The molecule has 26 heavy (non-hydrogen) atoms. The Balaban J connectivity index is 2.45. The zero-order valence-corrected chi connectivity index (χ0v) is 16.2. The number of carboxylic acids is 1. The number of carbonyl (C=O) groups is 2. The monoisotopic (exact) mass is 360 g/mol. The Labute approximate surface area is 154 Å². The van der Waals surface area contributed by atoms with Crippen molar-refractivity contribution in [2.24, 2.45) is 4.99 Å². The Bertz CT molecular complexity index is 719. The third-order valence-corrected chi connectivity index (χ3v) is 4.51. The predicted octanol–water partition coefficient (Wildman–Crippen LogP) is 3.82. The van der Waals surface area contributed by atoms with Crippen LogP contribution in [0.2, 0.25) is 0 Å². The maximum atomic E-state index is 12.7. The number of carboxylic acid groups (broad SMARTS) is 1. The van der Waals surface area contributed by atoms with Gasteiger partial charge in [0.15, 0.2) is 0 Å². The second-order valence-electron chi connectivity index (χ2n) is 7.59. The molecule has 0 heterocycles. The molecule has 1 N–H and O–H groups in total. The molecule has 2 rings (SSSR count). The van der Waals surface area contributed by atoms with Crippen LogP contribution in [0.15, 0.2) is 23.2 Å². The number of ether oxygens (including phenoxy) is 1. The third kappa shape index (κ3) is 4.62. The summed E-state index contributed by atoms with van der Waals surface area (Å²) in [5.74, 6) is -1.05. The lowest BCUT2D eigenvalue weighted by Gasteiger charge is -2.36. The molecule has 1 aromatic carbocycles. The number of hydrogen-bond acceptors (Lipinski definition) is 4. The van der Waals surface area contributed by atoms with Crippen LogP contribution in [-0.2, 0) is 16.0 Å². The molecule has 0 radical (unpaired) electrons. The fourth-order valence-corrected chi connectivity index (χ4v) is 3.37. The lowest BCUT2D eigenvalue weighted by atomic mass is 9.83. The number of nitrogens with zero attached hydrogens (tertiary/aromatic N) is 2. The van der Waals surface area contributed by atoms with E-state index in [0.717, 1.165) is 35.2 Å². The first-order valence-corrected chi connectivity index (χ1v) is 8.91. The number of aliphatic carboxylic acids is 1. The highest BCUT2D eigenvalue weighted by Crippen LogP contribution is 2.36. The van der Waals surface area contributed by atoms with E-state index in [1.807, 2.05) is 25.1 Å². The summed E-state index contributed by atoms with van der Waals surface area (Å²) in [6.07, 6.45) is 1.89. The van der Waals surface area contributed by atoms with Gasteiger partial charge in [-0.15, -0.1) is 0 Å². The predicted molar refractivity (Wildman–Crippen MR) is 101 cm³/mol. The van der Waals surface area contributed by atoms with Gasteiger partial charge in [0.05, 0.1) is 6.04 Å². The van der Waals surface area contributed by atoms with Crippen LogP contribution in [0.25, 0.3) is 0 Å². The van der Waals surface area contributed by atoms with Crippen molar-refractivity contribution in [2.45, 2.75) is 58.6 Å². The largest absolute Gasteiger partial charge is 0.480 e. The molecule has 1 amide bonds. The second kappa shape index (κ2) is 7.89. The van der Waals surface area contributed by atoms with E-state index in [1.165, 1.54) is 4.90 Å². The highest BCUT2D eigenvalue weighted by molar-refractivity contribution is 6.00. The molecular weight excluding hydrogens is 332 g/mol. The fourth-order valence-electron chi connectivity index (χ4n) is 3.37. The minimum Gasteiger partial charge on any atom is -0.480 e. The lowest BCUT2D eigenvalue weighted by molar-refractivity contribution is -0.139. The maximum absolute atomic E-state index is 12.7. The molecular formula is C20H28N2O4. The molecule has 0 aliphatic heterocycles. The molecule has 1 aromatic rings. The number of aliphatic imine (C=N–C) groups is 1. The summed E-state index contributed by atoms with van der Waals surface area (Å²) in [7, 11) is 1.76. The average molecular weight is 360 g/mol. The molecule has 6 heteroatoms. The van der Waals surface area contributed by atoms with E-state index >= 15 is 0 Å². The van der Waals surface area contributed by atoms with Crippen molar-refractivity contribution >= 4 is 17.8 Å². The second-order valence-corrected chi connectivity index (χ2v) is 7.59. The van der Waals surface area contributed by atoms with E-state index in [4.69, 9.17) is 4.74 Å². The summed E-state index contributed by atoms with van der Waals surface area (Å²) in [6, 6.07) is 5.63. The van der Waals surface area contributed by atoms with Gasteiger partial charge in [-0.1, -0.05) is 18.2 Å². The van der Waals surface area contributed by atoms with Crippen molar-refractivity contribution in [3.8, 4) is 0 Å². The van der Waals surface area contributed by atoms with Crippen LogP contribution in [0, 0.1) is 0 Å². The quantitative estimate of drug-likeness (QED) is 0.828. The van der Waals surface area contributed by atoms with Crippen molar-refractivity contribution in [1.82, 2.24) is 4.90 Å². The summed E-state index contributed by atoms with van der Waals surface area (Å²) in [5.41, 5.74) is 3.45. The molecule has 6 nitrogen and oxygen atoms in total. The van der Waals surface area contributed by atoms with E-state index in [1.54, 1.807) is 27.8 Å². The van der Waals surface area contributed by atoms with Crippen molar-refractivity contribution < 1.29 is 19.4 Å². The first-order valence-electron chi connectivity index (χ1n) is 8.91. The van der Waals surface area contributed by atoms with Gasteiger partial charge in [0.2, 0.25) is 0 Å². The zero-order valence-electron chi connectivity index (χ0n) is 16.2. The summed E-state index contributed by atoms with van der Waals surface area (Å²) in [5, 5.41) is 9.32. The van der Waals surface area contributed by atoms with Gasteiger partial charge in [-0.3, -0.25) is 14.7 Å².